The van der Waals surface area contributed by atoms with Crippen molar-refractivity contribution in [2.24, 2.45) is 0 Å². The van der Waals surface area contributed by atoms with Gasteiger partial charge in [-0.05, 0) is 13.8 Å². The molecule has 1 amide bonds. The van der Waals surface area contributed by atoms with Crippen LogP contribution in [0.15, 0.2) is 0 Å². The number of likely N-dealkylation sites (N-methyl/N-ethyl adjacent to an activating group) is 1. The molecular formula is C11H19NO4PY-. The molecule has 0 saturated carbocycles. The van der Waals surface area contributed by atoms with Gasteiger partial charge in [-0.25, -0.2) is 0 Å². The van der Waals surface area contributed by atoms with E-state index in [1.807, 2.05) is 20.3 Å². The Bertz CT molecular complexity index is 315. The number of hydrogen-bond donors (Lipinski definition) is 0. The Balaban J connectivity index is 0.00000162. The quantitative estimate of drug-likeness (QED) is 0.558. The van der Waals surface area contributed by atoms with Gasteiger partial charge in [-0.2, -0.15) is 0 Å². The van der Waals surface area contributed by atoms with Crippen molar-refractivity contribution in [3.05, 3.63) is 6.42 Å². The van der Waals surface area contributed by atoms with Crippen LogP contribution < -0.4 is 0 Å². The standard InChI is InChI=1S/C11H19NO4P.Y/c1-11(2)14-6-8(15-11)10(16-17)7-4-5-9(13)12(7)3;/h4,7-8,10H,5-6,17H2,1-3H3;/q-1;/i16-2;. The molecule has 4 atom stereocenters. The fourth-order valence-electron chi connectivity index (χ4n) is 2.31. The maximum atomic E-state index is 11.5. The van der Waals surface area contributed by atoms with E-state index in [9.17, 15) is 4.79 Å². The summed E-state index contributed by atoms with van der Waals surface area (Å²) < 4.78 is 16.7. The Morgan fingerprint density at radius 1 is 1.61 bits per heavy atom. The van der Waals surface area contributed by atoms with Gasteiger partial charge < -0.3 is 18.9 Å². The second-order valence-corrected chi connectivity index (χ2v) is 5.18. The van der Waals surface area contributed by atoms with Crippen LogP contribution >= 0.6 is 9.47 Å². The van der Waals surface area contributed by atoms with E-state index >= 15 is 0 Å². The van der Waals surface area contributed by atoms with Gasteiger partial charge in [0.05, 0.1) is 12.7 Å². The normalized spacial score (nSPS) is 32.4. The van der Waals surface area contributed by atoms with E-state index in [-0.39, 0.29) is 56.9 Å². The molecule has 18 heavy (non-hydrogen) atoms. The van der Waals surface area contributed by atoms with Crippen molar-refractivity contribution in [2.45, 2.75) is 44.3 Å². The number of rotatable bonds is 3. The zero-order valence-electron chi connectivity index (χ0n) is 11.0. The van der Waals surface area contributed by atoms with Crippen LogP contribution in [0.25, 0.3) is 0 Å². The van der Waals surface area contributed by atoms with Gasteiger partial charge in [-0.15, -0.1) is 0 Å². The topological polar surface area (TPSA) is 48.0 Å². The van der Waals surface area contributed by atoms with Crippen LogP contribution in [-0.4, -0.2) is 48.5 Å². The number of carbonyl (C=O) groups excluding carboxylic acids is 1. The number of nitrogens with zero attached hydrogens (tertiary/aromatic N) is 1. The van der Waals surface area contributed by atoms with Gasteiger partial charge in [0.2, 0.25) is 0 Å². The van der Waals surface area contributed by atoms with Crippen molar-refractivity contribution in [3.63, 3.8) is 0 Å². The third-order valence-electron chi connectivity index (χ3n) is 3.27. The molecule has 5 nitrogen and oxygen atoms in total. The third kappa shape index (κ3) is 3.50. The van der Waals surface area contributed by atoms with Crippen LogP contribution in [0.2, 0.25) is 0 Å². The van der Waals surface area contributed by atoms with Gasteiger partial charge in [0.1, 0.15) is 6.10 Å². The van der Waals surface area contributed by atoms with Crippen LogP contribution in [0.4, 0.5) is 0 Å². The average molecular weight is 347 g/mol. The molecule has 2 rings (SSSR count). The largest absolute Gasteiger partial charge is 0.372 e. The molecule has 0 N–H and O–H groups in total. The summed E-state index contributed by atoms with van der Waals surface area (Å²) >= 11 is 0. The summed E-state index contributed by atoms with van der Waals surface area (Å²) in [4.78, 5) is 13.2. The minimum absolute atomic E-state index is 0. The van der Waals surface area contributed by atoms with E-state index in [2.05, 4.69) is 9.47 Å². The maximum absolute atomic E-state index is 11.5. The molecule has 2 heterocycles. The van der Waals surface area contributed by atoms with Crippen LogP contribution in [0, 0.1) is 6.42 Å². The summed E-state index contributed by atoms with van der Waals surface area (Å²) in [6.07, 6.45) is 2.06. The molecule has 2 aliphatic rings. The van der Waals surface area contributed by atoms with E-state index in [0.717, 1.165) is 0 Å². The number of ether oxygens (including phenoxy) is 2. The van der Waals surface area contributed by atoms with E-state index in [0.29, 0.717) is 13.0 Å². The first-order valence-electron chi connectivity index (χ1n) is 5.71. The Hall–Kier alpha value is 0.884. The fraction of sp³-hybridized carbons (Fsp3) is 0.818. The molecule has 0 aliphatic carbocycles. The molecule has 0 aromatic heterocycles. The average Bonchev–Trinajstić information content (AvgIpc) is 2.77. The minimum Gasteiger partial charge on any atom is -0.372 e. The number of amides is 1. The number of likely N-dealkylation sites (tertiary alicyclic amines) is 1. The Labute approximate surface area is 135 Å². The van der Waals surface area contributed by atoms with Gasteiger partial charge in [-0.3, -0.25) is 11.2 Å². The zero-order valence-corrected chi connectivity index (χ0v) is 15.0. The first kappa shape index (κ1) is 16.9. The molecule has 0 aromatic carbocycles. The van der Waals surface area contributed by atoms with Gasteiger partial charge >= 0.3 is 0 Å². The summed E-state index contributed by atoms with van der Waals surface area (Å²) in [5, 5.41) is 0. The van der Waals surface area contributed by atoms with Crippen LogP contribution in [-0.2, 0) is 51.5 Å². The van der Waals surface area contributed by atoms with E-state index in [1.54, 1.807) is 11.9 Å². The van der Waals surface area contributed by atoms with Crippen molar-refractivity contribution < 1.29 is 51.5 Å². The van der Waals surface area contributed by atoms with Crippen LogP contribution in [0.1, 0.15) is 20.3 Å². The van der Waals surface area contributed by atoms with Crippen LogP contribution in [0.3, 0.4) is 0 Å². The van der Waals surface area contributed by atoms with Crippen molar-refractivity contribution >= 4 is 15.4 Å². The maximum Gasteiger partial charge on any atom is 0.190 e. The summed E-state index contributed by atoms with van der Waals surface area (Å²) in [6, 6.07) is -0.0532. The monoisotopic (exact) mass is 347 g/mol. The number of hydrogen-bond acceptors (Lipinski definition) is 4. The van der Waals surface area contributed by atoms with Gasteiger partial charge in [0.15, 0.2) is 11.7 Å². The van der Waals surface area contributed by atoms with Crippen molar-refractivity contribution in [1.82, 2.24) is 4.90 Å². The predicted molar refractivity (Wildman–Crippen MR) is 65.0 cm³/mol. The molecule has 0 spiro atoms. The predicted octanol–water partition coefficient (Wildman–Crippen LogP) is 0.746. The van der Waals surface area contributed by atoms with Gasteiger partial charge in [-0.1, -0.05) is 12.5 Å². The molecular weight excluding hydrogens is 328 g/mol. The Kier molecular flexibility index (Phi) is 6.17. The second kappa shape index (κ2) is 6.56. The van der Waals surface area contributed by atoms with Gasteiger partial charge in [0, 0.05) is 49.2 Å². The summed E-state index contributed by atoms with van der Waals surface area (Å²) in [7, 11) is 4.04. The first-order chi connectivity index (χ1) is 7.94. The smallest absolute Gasteiger partial charge is 0.190 e. The summed E-state index contributed by atoms with van der Waals surface area (Å²) in [5.74, 6) is -0.465. The van der Waals surface area contributed by atoms with E-state index in [4.69, 9.17) is 14.0 Å². The van der Waals surface area contributed by atoms with Crippen LogP contribution in [0.5, 0.6) is 0 Å². The molecule has 1 radical (unpaired) electrons. The van der Waals surface area contributed by atoms with Crippen molar-refractivity contribution in [2.75, 3.05) is 13.7 Å². The number of carbonyl (C=O) groups is 1. The molecule has 0 aromatic rings. The molecule has 2 fully saturated rings. The summed E-state index contributed by atoms with van der Waals surface area (Å²) in [5.41, 5.74) is 0. The second-order valence-electron chi connectivity index (χ2n) is 4.90. The Morgan fingerprint density at radius 3 is 2.67 bits per heavy atom. The van der Waals surface area contributed by atoms with E-state index in [1.165, 1.54) is 0 Å². The Morgan fingerprint density at radius 2 is 2.28 bits per heavy atom. The third-order valence-corrected chi connectivity index (χ3v) is 3.58. The van der Waals surface area contributed by atoms with Crippen molar-refractivity contribution in [1.29, 1.82) is 0 Å². The van der Waals surface area contributed by atoms with E-state index < -0.39 is 5.79 Å². The minimum atomic E-state index is -0.576. The molecule has 4 unspecified atom stereocenters. The summed E-state index contributed by atoms with van der Waals surface area (Å²) in [6.45, 7) is 4.23. The zero-order chi connectivity index (χ0) is 12.6. The molecule has 2 saturated heterocycles. The first-order valence-corrected chi connectivity index (χ1v) is 6.18. The molecule has 101 valence electrons. The fourth-order valence-corrected chi connectivity index (χ4v) is 2.65. The molecule has 2 aliphatic heterocycles. The van der Waals surface area contributed by atoms with Gasteiger partial charge in [0.25, 0.3) is 0 Å². The SMILES string of the molecule is CN1C(=O)C[CH-]C1C([14O]P)C1COC(C)(C)O1.[Y]. The molecule has 0 bridgehead atoms. The molecule has 7 heteroatoms. The van der Waals surface area contributed by atoms with Crippen molar-refractivity contribution in [3.8, 4) is 0 Å².